The smallest absolute Gasteiger partial charge is 0.221 e. The van der Waals surface area contributed by atoms with Crippen LogP contribution in [0.4, 0.5) is 0 Å². The van der Waals surface area contributed by atoms with E-state index in [2.05, 4.69) is 0 Å². The maximum atomic E-state index is 10.3. The van der Waals surface area contributed by atoms with E-state index in [1.165, 1.54) is 0 Å². The Bertz CT molecular complexity index is 128. The van der Waals surface area contributed by atoms with E-state index in [1.807, 2.05) is 0 Å². The molecule has 0 aliphatic rings. The maximum Gasteiger partial charge on any atom is 0.221 e. The maximum absolute atomic E-state index is 10.3. The summed E-state index contributed by atoms with van der Waals surface area (Å²) in [5, 5.41) is -0.250. The lowest BCUT2D eigenvalue weighted by Crippen LogP contribution is -2.02. The zero-order valence-corrected chi connectivity index (χ0v) is 8.81. The lowest BCUT2D eigenvalue weighted by Gasteiger charge is -2.02. The van der Waals surface area contributed by atoms with Gasteiger partial charge >= 0.3 is 0 Å². The molecule has 0 N–H and O–H groups in total. The molecular formula is C9H17ClO3. The van der Waals surface area contributed by atoms with E-state index < -0.39 is 0 Å². The Morgan fingerprint density at radius 1 is 1.15 bits per heavy atom. The predicted octanol–water partition coefficient (Wildman–Crippen LogP) is 1.98. The van der Waals surface area contributed by atoms with Crippen molar-refractivity contribution >= 4 is 16.8 Å². The summed E-state index contributed by atoms with van der Waals surface area (Å²) in [5.74, 6) is 0. The first-order valence-electron chi connectivity index (χ1n) is 4.52. The Labute approximate surface area is 84.4 Å². The second-order valence-corrected chi connectivity index (χ2v) is 3.19. The fourth-order valence-electron chi connectivity index (χ4n) is 0.889. The van der Waals surface area contributed by atoms with Gasteiger partial charge in [-0.15, -0.1) is 0 Å². The fraction of sp³-hybridized carbons (Fsp3) is 0.889. The van der Waals surface area contributed by atoms with Crippen LogP contribution in [0.3, 0.4) is 0 Å². The van der Waals surface area contributed by atoms with Gasteiger partial charge in [0.25, 0.3) is 0 Å². The van der Waals surface area contributed by atoms with Crippen molar-refractivity contribution in [1.29, 1.82) is 0 Å². The molecule has 0 amide bonds. The minimum absolute atomic E-state index is 0.250. The van der Waals surface area contributed by atoms with Crippen LogP contribution in [-0.2, 0) is 14.3 Å². The van der Waals surface area contributed by atoms with Crippen molar-refractivity contribution in [3.63, 3.8) is 0 Å². The van der Waals surface area contributed by atoms with E-state index in [9.17, 15) is 4.79 Å². The quantitative estimate of drug-likeness (QED) is 0.429. The van der Waals surface area contributed by atoms with Crippen molar-refractivity contribution < 1.29 is 14.3 Å². The number of unbranched alkanes of at least 4 members (excludes halogenated alkanes) is 2. The van der Waals surface area contributed by atoms with Gasteiger partial charge in [-0.3, -0.25) is 4.79 Å². The average molecular weight is 209 g/mol. The number of carbonyl (C=O) groups excluding carboxylic acids is 1. The van der Waals surface area contributed by atoms with E-state index in [0.717, 1.165) is 25.9 Å². The van der Waals surface area contributed by atoms with Crippen molar-refractivity contribution in [2.75, 3.05) is 26.9 Å². The minimum atomic E-state index is -0.250. The summed E-state index contributed by atoms with van der Waals surface area (Å²) < 4.78 is 10.1. The second-order valence-electron chi connectivity index (χ2n) is 2.77. The van der Waals surface area contributed by atoms with Crippen LogP contribution in [0, 0.1) is 0 Å². The van der Waals surface area contributed by atoms with Crippen molar-refractivity contribution in [2.24, 2.45) is 0 Å². The molecule has 13 heavy (non-hydrogen) atoms. The number of hydrogen-bond donors (Lipinski definition) is 0. The highest BCUT2D eigenvalue weighted by Crippen LogP contribution is 2.02. The number of rotatable bonds is 9. The van der Waals surface area contributed by atoms with Crippen molar-refractivity contribution in [3.8, 4) is 0 Å². The monoisotopic (exact) mass is 208 g/mol. The van der Waals surface area contributed by atoms with E-state index in [4.69, 9.17) is 21.1 Å². The molecule has 0 saturated heterocycles. The number of halogens is 1. The zero-order valence-electron chi connectivity index (χ0n) is 8.05. The van der Waals surface area contributed by atoms with E-state index >= 15 is 0 Å². The number of hydrogen-bond acceptors (Lipinski definition) is 3. The van der Waals surface area contributed by atoms with Gasteiger partial charge in [-0.2, -0.15) is 0 Å². The average Bonchev–Trinajstić information content (AvgIpc) is 2.09. The Morgan fingerprint density at radius 3 is 2.54 bits per heavy atom. The lowest BCUT2D eigenvalue weighted by atomic mass is 10.2. The molecule has 0 radical (unpaired) electrons. The van der Waals surface area contributed by atoms with Gasteiger partial charge in [0.05, 0.1) is 13.2 Å². The van der Waals surface area contributed by atoms with Crippen LogP contribution in [0.25, 0.3) is 0 Å². The lowest BCUT2D eigenvalue weighted by molar-refractivity contribution is -0.111. The molecule has 0 unspecified atom stereocenters. The van der Waals surface area contributed by atoms with Gasteiger partial charge in [0.1, 0.15) is 0 Å². The molecule has 0 rings (SSSR count). The summed E-state index contributed by atoms with van der Waals surface area (Å²) in [6.45, 7) is 2.02. The topological polar surface area (TPSA) is 35.5 Å². The van der Waals surface area contributed by atoms with E-state index in [1.54, 1.807) is 7.11 Å². The molecule has 0 aromatic carbocycles. The molecule has 4 heteroatoms. The molecule has 0 atom stereocenters. The van der Waals surface area contributed by atoms with Crippen molar-refractivity contribution in [3.05, 3.63) is 0 Å². The molecule has 3 nitrogen and oxygen atoms in total. The van der Waals surface area contributed by atoms with Crippen LogP contribution in [0.15, 0.2) is 0 Å². The van der Waals surface area contributed by atoms with Gasteiger partial charge < -0.3 is 9.47 Å². The normalized spacial score (nSPS) is 10.3. The minimum Gasteiger partial charge on any atom is -0.382 e. The number of carbonyl (C=O) groups is 1. The first-order chi connectivity index (χ1) is 6.27. The summed E-state index contributed by atoms with van der Waals surface area (Å²) in [4.78, 5) is 10.3. The van der Waals surface area contributed by atoms with Gasteiger partial charge in [-0.05, 0) is 24.4 Å². The van der Waals surface area contributed by atoms with E-state index in [-0.39, 0.29) is 5.24 Å². The summed E-state index contributed by atoms with van der Waals surface area (Å²) in [7, 11) is 1.65. The van der Waals surface area contributed by atoms with Gasteiger partial charge in [0.2, 0.25) is 5.24 Å². The molecule has 0 heterocycles. The van der Waals surface area contributed by atoms with Crippen molar-refractivity contribution in [1.82, 2.24) is 0 Å². The third-order valence-electron chi connectivity index (χ3n) is 1.59. The first-order valence-corrected chi connectivity index (χ1v) is 4.90. The highest BCUT2D eigenvalue weighted by molar-refractivity contribution is 6.63. The molecule has 0 fully saturated rings. The van der Waals surface area contributed by atoms with Gasteiger partial charge in [0.15, 0.2) is 0 Å². The Hall–Kier alpha value is -0.120. The van der Waals surface area contributed by atoms with E-state index in [0.29, 0.717) is 19.6 Å². The van der Waals surface area contributed by atoms with Crippen LogP contribution in [0.5, 0.6) is 0 Å². The van der Waals surface area contributed by atoms with Gasteiger partial charge in [-0.1, -0.05) is 6.42 Å². The summed E-state index contributed by atoms with van der Waals surface area (Å²) in [5.41, 5.74) is 0. The van der Waals surface area contributed by atoms with Crippen molar-refractivity contribution in [2.45, 2.75) is 25.7 Å². The standard InChI is InChI=1S/C9H17ClO3/c1-12-7-8-13-6-4-2-3-5-9(10)11/h2-8H2,1H3. The second kappa shape index (κ2) is 9.96. The van der Waals surface area contributed by atoms with Gasteiger partial charge in [-0.25, -0.2) is 0 Å². The predicted molar refractivity (Wildman–Crippen MR) is 52.0 cm³/mol. The van der Waals surface area contributed by atoms with Crippen LogP contribution < -0.4 is 0 Å². The Morgan fingerprint density at radius 2 is 1.92 bits per heavy atom. The SMILES string of the molecule is COCCOCCCCCC(=O)Cl. The summed E-state index contributed by atoms with van der Waals surface area (Å²) >= 11 is 5.17. The molecule has 0 aliphatic carbocycles. The molecule has 0 aromatic rings. The first kappa shape index (κ1) is 12.9. The molecule has 78 valence electrons. The number of ether oxygens (including phenoxy) is 2. The zero-order chi connectivity index (χ0) is 9.94. The molecular weight excluding hydrogens is 192 g/mol. The largest absolute Gasteiger partial charge is 0.382 e. The Kier molecular flexibility index (Phi) is 9.87. The molecule has 0 bridgehead atoms. The highest BCUT2D eigenvalue weighted by atomic mass is 35.5. The van der Waals surface area contributed by atoms with Gasteiger partial charge in [0, 0.05) is 20.1 Å². The molecule has 0 spiro atoms. The molecule has 0 aliphatic heterocycles. The fourth-order valence-corrected chi connectivity index (χ4v) is 1.02. The summed E-state index contributed by atoms with van der Waals surface area (Å²) in [6, 6.07) is 0. The third-order valence-corrected chi connectivity index (χ3v) is 1.78. The third kappa shape index (κ3) is 11.9. The van der Waals surface area contributed by atoms with Crippen LogP contribution >= 0.6 is 11.6 Å². The number of methoxy groups -OCH3 is 1. The Balaban J connectivity index is 2.87. The van der Waals surface area contributed by atoms with Crippen LogP contribution in [-0.4, -0.2) is 32.2 Å². The highest BCUT2D eigenvalue weighted by Gasteiger charge is 1.95. The van der Waals surface area contributed by atoms with Crippen LogP contribution in [0.1, 0.15) is 25.7 Å². The van der Waals surface area contributed by atoms with Crippen LogP contribution in [0.2, 0.25) is 0 Å². The molecule has 0 aromatic heterocycles. The molecule has 0 saturated carbocycles. The summed E-state index contributed by atoms with van der Waals surface area (Å²) in [6.07, 6.45) is 3.30.